The Labute approximate surface area is 149 Å². The number of fused-ring (bicyclic) bond motifs is 1. The summed E-state index contributed by atoms with van der Waals surface area (Å²) < 4.78 is 2.38. The van der Waals surface area contributed by atoms with Gasteiger partial charge in [-0.25, -0.2) is 0 Å². The molecule has 5 nitrogen and oxygen atoms in total. The van der Waals surface area contributed by atoms with E-state index >= 15 is 0 Å². The Morgan fingerprint density at radius 3 is 2.80 bits per heavy atom. The number of benzene rings is 1. The molecule has 2 atom stereocenters. The second kappa shape index (κ2) is 7.67. The molecule has 2 aliphatic heterocycles. The van der Waals surface area contributed by atoms with Gasteiger partial charge in [0.2, 0.25) is 0 Å². The van der Waals surface area contributed by atoms with E-state index < -0.39 is 6.10 Å². The van der Waals surface area contributed by atoms with E-state index in [1.165, 1.54) is 37.3 Å². The number of likely N-dealkylation sites (tertiary alicyclic amines) is 1. The van der Waals surface area contributed by atoms with Crippen molar-refractivity contribution in [3.8, 4) is 0 Å². The van der Waals surface area contributed by atoms with Gasteiger partial charge in [0.15, 0.2) is 0 Å². The van der Waals surface area contributed by atoms with Crippen molar-refractivity contribution in [3.63, 3.8) is 0 Å². The molecule has 3 heterocycles. The first kappa shape index (κ1) is 16.7. The molecule has 2 aromatic rings. The van der Waals surface area contributed by atoms with Crippen molar-refractivity contribution in [2.24, 2.45) is 0 Å². The first-order valence-corrected chi connectivity index (χ1v) is 9.68. The molecule has 0 spiro atoms. The summed E-state index contributed by atoms with van der Waals surface area (Å²) in [6.45, 7) is 3.80. The summed E-state index contributed by atoms with van der Waals surface area (Å²) in [6.07, 6.45) is 6.75. The molecule has 1 aromatic heterocycles. The van der Waals surface area contributed by atoms with Crippen molar-refractivity contribution in [2.75, 3.05) is 19.6 Å². The average Bonchev–Trinajstić information content (AvgIpc) is 2.91. The highest BCUT2D eigenvalue weighted by atomic mass is 16.3. The number of β-amino-alcohol motifs (C(OH)–C–C–N with tert-alkyl or cyclic N) is 1. The van der Waals surface area contributed by atoms with Crippen molar-refractivity contribution in [1.82, 2.24) is 19.7 Å². The first-order valence-electron chi connectivity index (χ1n) is 9.68. The monoisotopic (exact) mass is 340 g/mol. The Morgan fingerprint density at radius 1 is 1.04 bits per heavy atom. The number of nitrogens with zero attached hydrogens (tertiary/aromatic N) is 4. The van der Waals surface area contributed by atoms with Gasteiger partial charge < -0.3 is 9.67 Å². The molecule has 1 fully saturated rings. The molecule has 25 heavy (non-hydrogen) atoms. The van der Waals surface area contributed by atoms with E-state index in [2.05, 4.69) is 19.7 Å². The molecule has 1 N–H and O–H groups in total. The highest BCUT2D eigenvalue weighted by Gasteiger charge is 2.28. The number of aryl methyl sites for hydroxylation is 1. The highest BCUT2D eigenvalue weighted by molar-refractivity contribution is 5.17. The maximum absolute atomic E-state index is 10.5. The normalized spacial score (nSPS) is 23.0. The van der Waals surface area contributed by atoms with Crippen molar-refractivity contribution in [2.45, 2.75) is 57.1 Å². The fourth-order valence-electron chi connectivity index (χ4n) is 4.27. The molecule has 4 rings (SSSR count). The van der Waals surface area contributed by atoms with Crippen LogP contribution in [0.3, 0.4) is 0 Å². The number of hydrogen-bond donors (Lipinski definition) is 1. The summed E-state index contributed by atoms with van der Waals surface area (Å²) in [6, 6.07) is 9.98. The Bertz CT molecular complexity index is 684. The van der Waals surface area contributed by atoms with Gasteiger partial charge in [-0.2, -0.15) is 0 Å². The summed E-state index contributed by atoms with van der Waals surface area (Å²) in [5.74, 6) is 2.79. The van der Waals surface area contributed by atoms with Gasteiger partial charge >= 0.3 is 0 Å². The van der Waals surface area contributed by atoms with E-state index in [9.17, 15) is 5.11 Å². The second-order valence-electron chi connectivity index (χ2n) is 7.46. The molecular weight excluding hydrogens is 312 g/mol. The third kappa shape index (κ3) is 3.77. The van der Waals surface area contributed by atoms with Gasteiger partial charge in [-0.1, -0.05) is 36.8 Å². The molecule has 2 aliphatic rings. The molecule has 0 aliphatic carbocycles. The predicted molar refractivity (Wildman–Crippen MR) is 97.4 cm³/mol. The molecule has 1 saturated heterocycles. The number of hydrogen-bond acceptors (Lipinski definition) is 4. The molecule has 0 saturated carbocycles. The van der Waals surface area contributed by atoms with Crippen LogP contribution in [0, 0.1) is 0 Å². The van der Waals surface area contributed by atoms with Crippen LogP contribution in [-0.4, -0.2) is 44.4 Å². The van der Waals surface area contributed by atoms with Gasteiger partial charge in [0.05, 0.1) is 6.10 Å². The number of rotatable bonds is 4. The zero-order valence-corrected chi connectivity index (χ0v) is 14.8. The lowest BCUT2D eigenvalue weighted by atomic mass is 9.96. The quantitative estimate of drug-likeness (QED) is 0.930. The molecule has 0 radical (unpaired) electrons. The summed E-state index contributed by atoms with van der Waals surface area (Å²) >= 11 is 0. The minimum absolute atomic E-state index is 0.421. The van der Waals surface area contributed by atoms with E-state index in [0.29, 0.717) is 12.5 Å². The molecule has 2 unspecified atom stereocenters. The van der Waals surface area contributed by atoms with Gasteiger partial charge in [0, 0.05) is 32.0 Å². The average molecular weight is 340 g/mol. The number of aromatic nitrogens is 3. The van der Waals surface area contributed by atoms with E-state index in [0.717, 1.165) is 38.0 Å². The van der Waals surface area contributed by atoms with Gasteiger partial charge in [-0.3, -0.25) is 4.90 Å². The standard InChI is InChI=1S/C20H28N4O/c25-18(16-8-3-1-4-9-16)15-23-12-7-10-17(14-23)20-22-21-19-11-5-2-6-13-24(19)20/h1,3-4,8-9,17-18,25H,2,5-7,10-15H2. The van der Waals surface area contributed by atoms with Crippen LogP contribution < -0.4 is 0 Å². The third-order valence-corrected chi connectivity index (χ3v) is 5.62. The van der Waals surface area contributed by atoms with Crippen LogP contribution in [0.2, 0.25) is 0 Å². The van der Waals surface area contributed by atoms with Crippen LogP contribution >= 0.6 is 0 Å². The minimum atomic E-state index is -0.421. The first-order chi connectivity index (χ1) is 12.3. The molecule has 134 valence electrons. The Balaban J connectivity index is 1.44. The summed E-state index contributed by atoms with van der Waals surface area (Å²) in [5.41, 5.74) is 1.00. The van der Waals surface area contributed by atoms with E-state index in [-0.39, 0.29) is 0 Å². The van der Waals surface area contributed by atoms with Crippen LogP contribution in [-0.2, 0) is 13.0 Å². The van der Waals surface area contributed by atoms with E-state index in [1.807, 2.05) is 30.3 Å². The summed E-state index contributed by atoms with van der Waals surface area (Å²) in [4.78, 5) is 2.39. The summed E-state index contributed by atoms with van der Waals surface area (Å²) in [7, 11) is 0. The fourth-order valence-corrected chi connectivity index (χ4v) is 4.27. The molecule has 0 bridgehead atoms. The Morgan fingerprint density at radius 2 is 1.92 bits per heavy atom. The van der Waals surface area contributed by atoms with Gasteiger partial charge in [-0.15, -0.1) is 10.2 Å². The number of piperidine rings is 1. The van der Waals surface area contributed by atoms with Crippen molar-refractivity contribution in [3.05, 3.63) is 47.5 Å². The maximum Gasteiger partial charge on any atom is 0.137 e. The van der Waals surface area contributed by atoms with Gasteiger partial charge in [0.25, 0.3) is 0 Å². The topological polar surface area (TPSA) is 54.2 Å². The minimum Gasteiger partial charge on any atom is -0.387 e. The summed E-state index contributed by atoms with van der Waals surface area (Å²) in [5, 5.41) is 19.6. The second-order valence-corrected chi connectivity index (χ2v) is 7.46. The predicted octanol–water partition coefficient (Wildman–Crippen LogP) is 2.92. The van der Waals surface area contributed by atoms with E-state index in [4.69, 9.17) is 0 Å². The Kier molecular flexibility index (Phi) is 5.13. The zero-order chi connectivity index (χ0) is 17.1. The maximum atomic E-state index is 10.5. The molecule has 1 aromatic carbocycles. The highest BCUT2D eigenvalue weighted by Crippen LogP contribution is 2.29. The van der Waals surface area contributed by atoms with Crippen LogP contribution in [0.15, 0.2) is 30.3 Å². The molecule has 5 heteroatoms. The number of aliphatic hydroxyl groups excluding tert-OH is 1. The Hall–Kier alpha value is -1.72. The van der Waals surface area contributed by atoms with Crippen molar-refractivity contribution < 1.29 is 5.11 Å². The van der Waals surface area contributed by atoms with Crippen molar-refractivity contribution in [1.29, 1.82) is 0 Å². The zero-order valence-electron chi connectivity index (χ0n) is 14.8. The van der Waals surface area contributed by atoms with Crippen LogP contribution in [0.4, 0.5) is 0 Å². The lowest BCUT2D eigenvalue weighted by molar-refractivity contribution is 0.0940. The SMILES string of the molecule is OC(CN1CCCC(c2nnc3n2CCCCC3)C1)c1ccccc1. The number of aliphatic hydroxyl groups is 1. The van der Waals surface area contributed by atoms with Gasteiger partial charge in [-0.05, 0) is 37.8 Å². The van der Waals surface area contributed by atoms with Crippen LogP contribution in [0.25, 0.3) is 0 Å². The van der Waals surface area contributed by atoms with Crippen LogP contribution in [0.1, 0.15) is 61.3 Å². The lowest BCUT2D eigenvalue weighted by Gasteiger charge is -2.33. The fraction of sp³-hybridized carbons (Fsp3) is 0.600. The molecule has 0 amide bonds. The smallest absolute Gasteiger partial charge is 0.137 e. The van der Waals surface area contributed by atoms with Gasteiger partial charge in [0.1, 0.15) is 11.6 Å². The lowest BCUT2D eigenvalue weighted by Crippen LogP contribution is -2.38. The van der Waals surface area contributed by atoms with Crippen LogP contribution in [0.5, 0.6) is 0 Å². The van der Waals surface area contributed by atoms with E-state index in [1.54, 1.807) is 0 Å². The molecular formula is C20H28N4O. The third-order valence-electron chi connectivity index (χ3n) is 5.62. The largest absolute Gasteiger partial charge is 0.387 e. The van der Waals surface area contributed by atoms with Crippen molar-refractivity contribution >= 4 is 0 Å².